The monoisotopic (exact) mass is 240 g/mol. The molecule has 1 aromatic heterocycles. The zero-order valence-corrected chi connectivity index (χ0v) is 10.4. The smallest absolute Gasteiger partial charge is 0.325 e. The van der Waals surface area contributed by atoms with Gasteiger partial charge in [-0.1, -0.05) is 0 Å². The third kappa shape index (κ3) is 3.30. The van der Waals surface area contributed by atoms with E-state index in [2.05, 4.69) is 4.98 Å². The molecule has 0 atom stereocenters. The van der Waals surface area contributed by atoms with Crippen molar-refractivity contribution in [2.45, 2.75) is 20.8 Å². The van der Waals surface area contributed by atoms with E-state index in [9.17, 15) is 9.59 Å². The second-order valence-corrected chi connectivity index (χ2v) is 3.61. The first kappa shape index (κ1) is 13.2. The van der Waals surface area contributed by atoms with Crippen LogP contribution in [0.4, 0.5) is 0 Å². The van der Waals surface area contributed by atoms with Gasteiger partial charge in [-0.25, -0.2) is 4.98 Å². The van der Waals surface area contributed by atoms with Crippen molar-refractivity contribution in [3.05, 3.63) is 17.3 Å². The van der Waals surface area contributed by atoms with Gasteiger partial charge in [0.15, 0.2) is 5.89 Å². The Labute approximate surface area is 99.6 Å². The fourth-order valence-electron chi connectivity index (χ4n) is 1.38. The topological polar surface area (TPSA) is 72.6 Å². The van der Waals surface area contributed by atoms with Gasteiger partial charge in [-0.05, 0) is 13.8 Å². The molecule has 0 N–H and O–H groups in total. The molecule has 1 rings (SSSR count). The molecule has 6 heteroatoms. The van der Waals surface area contributed by atoms with Crippen LogP contribution in [0.3, 0.4) is 0 Å². The standard InChI is InChI=1S/C11H16N2O4/c1-5-16-9(14)6-13(4)11(15)10-7(2)12-8(3)17-10/h5-6H2,1-4H3. The number of rotatable bonds is 4. The van der Waals surface area contributed by atoms with Crippen molar-refractivity contribution in [2.24, 2.45) is 0 Å². The normalized spacial score (nSPS) is 10.1. The summed E-state index contributed by atoms with van der Waals surface area (Å²) in [6, 6.07) is 0. The van der Waals surface area contributed by atoms with E-state index in [1.54, 1.807) is 20.8 Å². The first-order valence-corrected chi connectivity index (χ1v) is 5.30. The van der Waals surface area contributed by atoms with Crippen molar-refractivity contribution < 1.29 is 18.7 Å². The Kier molecular flexibility index (Phi) is 4.25. The number of aryl methyl sites for hydroxylation is 2. The average molecular weight is 240 g/mol. The van der Waals surface area contributed by atoms with Gasteiger partial charge in [0.1, 0.15) is 6.54 Å². The van der Waals surface area contributed by atoms with Gasteiger partial charge in [0, 0.05) is 14.0 Å². The lowest BCUT2D eigenvalue weighted by atomic mass is 10.3. The molecule has 0 aliphatic carbocycles. The van der Waals surface area contributed by atoms with E-state index in [0.29, 0.717) is 18.2 Å². The number of ether oxygens (including phenoxy) is 1. The molecule has 0 unspecified atom stereocenters. The number of hydrogen-bond acceptors (Lipinski definition) is 5. The van der Waals surface area contributed by atoms with Crippen LogP contribution in [0.5, 0.6) is 0 Å². The van der Waals surface area contributed by atoms with Crippen molar-refractivity contribution in [1.82, 2.24) is 9.88 Å². The number of oxazole rings is 1. The number of likely N-dealkylation sites (N-methyl/N-ethyl adjacent to an activating group) is 1. The summed E-state index contributed by atoms with van der Waals surface area (Å²) in [7, 11) is 1.51. The molecule has 17 heavy (non-hydrogen) atoms. The summed E-state index contributed by atoms with van der Waals surface area (Å²) in [6.45, 7) is 5.24. The zero-order chi connectivity index (χ0) is 13.0. The van der Waals surface area contributed by atoms with Gasteiger partial charge in [-0.3, -0.25) is 9.59 Å². The molecule has 94 valence electrons. The Morgan fingerprint density at radius 1 is 1.41 bits per heavy atom. The number of nitrogens with zero attached hydrogens (tertiary/aromatic N) is 2. The molecule has 0 aliphatic rings. The fraction of sp³-hybridized carbons (Fsp3) is 0.545. The van der Waals surface area contributed by atoms with E-state index in [-0.39, 0.29) is 18.2 Å². The van der Waals surface area contributed by atoms with Crippen LogP contribution in [-0.4, -0.2) is 42.0 Å². The number of carbonyl (C=O) groups excluding carboxylic acids is 2. The van der Waals surface area contributed by atoms with Crippen LogP contribution in [0, 0.1) is 13.8 Å². The maximum Gasteiger partial charge on any atom is 0.325 e. The number of hydrogen-bond donors (Lipinski definition) is 0. The Hall–Kier alpha value is -1.85. The van der Waals surface area contributed by atoms with Gasteiger partial charge in [-0.15, -0.1) is 0 Å². The molecular formula is C11H16N2O4. The molecular weight excluding hydrogens is 224 g/mol. The van der Waals surface area contributed by atoms with Gasteiger partial charge >= 0.3 is 5.97 Å². The summed E-state index contributed by atoms with van der Waals surface area (Å²) in [5, 5.41) is 0. The van der Waals surface area contributed by atoms with E-state index in [4.69, 9.17) is 9.15 Å². The molecule has 6 nitrogen and oxygen atoms in total. The fourth-order valence-corrected chi connectivity index (χ4v) is 1.38. The predicted molar refractivity (Wildman–Crippen MR) is 59.6 cm³/mol. The highest BCUT2D eigenvalue weighted by molar-refractivity contribution is 5.94. The van der Waals surface area contributed by atoms with Gasteiger partial charge in [0.25, 0.3) is 5.91 Å². The van der Waals surface area contributed by atoms with Gasteiger partial charge in [0.2, 0.25) is 5.76 Å². The van der Waals surface area contributed by atoms with Crippen molar-refractivity contribution in [3.63, 3.8) is 0 Å². The molecule has 0 aromatic carbocycles. The average Bonchev–Trinajstić information content (AvgIpc) is 2.56. The van der Waals surface area contributed by atoms with E-state index in [1.165, 1.54) is 11.9 Å². The van der Waals surface area contributed by atoms with Crippen molar-refractivity contribution in [3.8, 4) is 0 Å². The third-order valence-electron chi connectivity index (χ3n) is 2.12. The van der Waals surface area contributed by atoms with Crippen LogP contribution < -0.4 is 0 Å². The summed E-state index contributed by atoms with van der Waals surface area (Å²) in [4.78, 5) is 28.4. The molecule has 0 fully saturated rings. The largest absolute Gasteiger partial charge is 0.465 e. The number of aromatic nitrogens is 1. The minimum atomic E-state index is -0.447. The molecule has 0 saturated carbocycles. The lowest BCUT2D eigenvalue weighted by Crippen LogP contribution is -2.33. The van der Waals surface area contributed by atoms with Crippen molar-refractivity contribution in [1.29, 1.82) is 0 Å². The number of carbonyl (C=O) groups is 2. The SMILES string of the molecule is CCOC(=O)CN(C)C(=O)c1oc(C)nc1C. The Balaban J connectivity index is 2.70. The van der Waals surface area contributed by atoms with Gasteiger partial charge in [-0.2, -0.15) is 0 Å². The third-order valence-corrected chi connectivity index (χ3v) is 2.12. The van der Waals surface area contributed by atoms with E-state index >= 15 is 0 Å². The van der Waals surface area contributed by atoms with Crippen molar-refractivity contribution >= 4 is 11.9 Å². The molecule has 0 aliphatic heterocycles. The summed E-state index contributed by atoms with van der Waals surface area (Å²) >= 11 is 0. The Bertz CT molecular complexity index is 425. The summed E-state index contributed by atoms with van der Waals surface area (Å²) < 4.78 is 9.94. The van der Waals surface area contributed by atoms with Crippen LogP contribution >= 0.6 is 0 Å². The number of esters is 1. The molecule has 1 aromatic rings. The lowest BCUT2D eigenvalue weighted by molar-refractivity contribution is -0.143. The first-order chi connectivity index (χ1) is 7.95. The van der Waals surface area contributed by atoms with E-state index < -0.39 is 5.97 Å². The first-order valence-electron chi connectivity index (χ1n) is 5.30. The molecule has 0 radical (unpaired) electrons. The maximum absolute atomic E-state index is 11.9. The van der Waals surface area contributed by atoms with Crippen LogP contribution in [-0.2, 0) is 9.53 Å². The minimum absolute atomic E-state index is 0.105. The highest BCUT2D eigenvalue weighted by Gasteiger charge is 2.21. The maximum atomic E-state index is 11.9. The number of amides is 1. The summed E-state index contributed by atoms with van der Waals surface area (Å²) in [6.07, 6.45) is 0. The van der Waals surface area contributed by atoms with Crippen molar-refractivity contribution in [2.75, 3.05) is 20.2 Å². The summed E-state index contributed by atoms with van der Waals surface area (Å²) in [5.74, 6) is -0.238. The summed E-state index contributed by atoms with van der Waals surface area (Å²) in [5.41, 5.74) is 0.517. The van der Waals surface area contributed by atoms with Crippen LogP contribution in [0.1, 0.15) is 29.1 Å². The molecule has 1 heterocycles. The molecule has 0 spiro atoms. The van der Waals surface area contributed by atoms with Crippen LogP contribution in [0.25, 0.3) is 0 Å². The molecule has 0 bridgehead atoms. The highest BCUT2D eigenvalue weighted by atomic mass is 16.5. The Morgan fingerprint density at radius 2 is 2.06 bits per heavy atom. The van der Waals surface area contributed by atoms with Gasteiger partial charge in [0.05, 0.1) is 12.3 Å². The Morgan fingerprint density at radius 3 is 2.53 bits per heavy atom. The quantitative estimate of drug-likeness (QED) is 0.732. The minimum Gasteiger partial charge on any atom is -0.465 e. The van der Waals surface area contributed by atoms with Gasteiger partial charge < -0.3 is 14.1 Å². The molecule has 1 amide bonds. The molecule has 0 saturated heterocycles. The highest BCUT2D eigenvalue weighted by Crippen LogP contribution is 2.11. The van der Waals surface area contributed by atoms with E-state index in [1.807, 2.05) is 0 Å². The lowest BCUT2D eigenvalue weighted by Gasteiger charge is -2.14. The zero-order valence-electron chi connectivity index (χ0n) is 10.4. The second kappa shape index (κ2) is 5.47. The van der Waals surface area contributed by atoms with E-state index in [0.717, 1.165) is 0 Å². The van der Waals surface area contributed by atoms with Crippen LogP contribution in [0.2, 0.25) is 0 Å². The predicted octanol–water partition coefficient (Wildman–Crippen LogP) is 0.927. The second-order valence-electron chi connectivity index (χ2n) is 3.61. The van der Waals surface area contributed by atoms with Crippen LogP contribution in [0.15, 0.2) is 4.42 Å².